The summed E-state index contributed by atoms with van der Waals surface area (Å²) in [6.07, 6.45) is 0. The Balaban J connectivity index is 1.01. The average Bonchev–Trinajstić information content (AvgIpc) is 3.99. The van der Waals surface area contributed by atoms with Gasteiger partial charge < -0.3 is 8.80 Å². The maximum absolute atomic E-state index is 2.52. The third-order valence-corrected chi connectivity index (χ3v) is 12.4. The molecule has 2 nitrogen and oxygen atoms in total. The fraction of sp³-hybridized carbons (Fsp3) is 0. The highest BCUT2D eigenvalue weighted by molar-refractivity contribution is 6.29. The first-order valence-electron chi connectivity index (χ1n) is 19.4. The van der Waals surface area contributed by atoms with Gasteiger partial charge in [-0.25, -0.2) is 0 Å². The van der Waals surface area contributed by atoms with Crippen molar-refractivity contribution in [3.05, 3.63) is 194 Å². The second-order valence-electron chi connectivity index (χ2n) is 15.3. The van der Waals surface area contributed by atoms with Gasteiger partial charge in [0.15, 0.2) is 0 Å². The van der Waals surface area contributed by atoms with Crippen molar-refractivity contribution in [2.45, 2.75) is 0 Å². The molecule has 4 heterocycles. The molecule has 13 rings (SSSR count). The van der Waals surface area contributed by atoms with Crippen LogP contribution in [-0.2, 0) is 0 Å². The molecule has 0 amide bonds. The highest BCUT2D eigenvalue weighted by Crippen LogP contribution is 2.45. The predicted octanol–water partition coefficient (Wildman–Crippen LogP) is 14.7. The predicted molar refractivity (Wildman–Crippen MR) is 238 cm³/mol. The zero-order valence-electron chi connectivity index (χ0n) is 30.4. The Morgan fingerprint density at radius 1 is 0.196 bits per heavy atom. The highest BCUT2D eigenvalue weighted by atomic mass is 14.9. The molecule has 0 saturated heterocycles. The number of aromatic nitrogens is 2. The van der Waals surface area contributed by atoms with E-state index in [1.54, 1.807) is 0 Å². The van der Waals surface area contributed by atoms with Crippen molar-refractivity contribution in [1.82, 2.24) is 8.80 Å². The summed E-state index contributed by atoms with van der Waals surface area (Å²) < 4.78 is 5.03. The second kappa shape index (κ2) is 11.1. The molecule has 4 aromatic heterocycles. The maximum atomic E-state index is 2.52. The molecular weight excluding hydrogens is 677 g/mol. The van der Waals surface area contributed by atoms with E-state index in [4.69, 9.17) is 0 Å². The molecule has 0 atom stereocenters. The first-order chi connectivity index (χ1) is 27.8. The van der Waals surface area contributed by atoms with Crippen LogP contribution in [-0.4, -0.2) is 8.80 Å². The number of benzene rings is 9. The minimum atomic E-state index is 1.23. The van der Waals surface area contributed by atoms with Gasteiger partial charge in [-0.1, -0.05) is 146 Å². The Morgan fingerprint density at radius 2 is 0.518 bits per heavy atom. The fourth-order valence-corrected chi connectivity index (χ4v) is 9.83. The minimum absolute atomic E-state index is 1.23. The van der Waals surface area contributed by atoms with E-state index in [0.717, 1.165) is 0 Å². The zero-order chi connectivity index (χ0) is 36.5. The van der Waals surface area contributed by atoms with Crippen LogP contribution in [0.25, 0.3) is 121 Å². The van der Waals surface area contributed by atoms with E-state index in [-0.39, 0.29) is 0 Å². The molecule has 0 aliphatic rings. The van der Waals surface area contributed by atoms with Gasteiger partial charge in [-0.05, 0) is 93.0 Å². The lowest BCUT2D eigenvalue weighted by molar-refractivity contribution is 1.36. The molecule has 258 valence electrons. The van der Waals surface area contributed by atoms with Crippen LogP contribution in [0.15, 0.2) is 194 Å². The van der Waals surface area contributed by atoms with Crippen LogP contribution in [0, 0.1) is 0 Å². The van der Waals surface area contributed by atoms with Gasteiger partial charge in [-0.3, -0.25) is 0 Å². The van der Waals surface area contributed by atoms with Gasteiger partial charge in [0.2, 0.25) is 0 Å². The van der Waals surface area contributed by atoms with Gasteiger partial charge in [0, 0.05) is 43.1 Å². The lowest BCUT2D eigenvalue weighted by atomic mass is 9.97. The summed E-state index contributed by atoms with van der Waals surface area (Å²) in [5.41, 5.74) is 17.5. The van der Waals surface area contributed by atoms with Crippen LogP contribution in [0.3, 0.4) is 0 Å². The van der Waals surface area contributed by atoms with Crippen LogP contribution in [0.4, 0.5) is 0 Å². The number of hydrogen-bond donors (Lipinski definition) is 0. The van der Waals surface area contributed by atoms with Crippen molar-refractivity contribution in [2.75, 3.05) is 0 Å². The number of rotatable bonds is 4. The average molecular weight is 709 g/mol. The van der Waals surface area contributed by atoms with Crippen LogP contribution in [0.1, 0.15) is 0 Å². The van der Waals surface area contributed by atoms with Crippen LogP contribution in [0.5, 0.6) is 0 Å². The number of fused-ring (bicyclic) bond motifs is 12. The van der Waals surface area contributed by atoms with Gasteiger partial charge in [-0.15, -0.1) is 0 Å². The number of hydrogen-bond acceptors (Lipinski definition) is 0. The summed E-state index contributed by atoms with van der Waals surface area (Å²) in [7, 11) is 0. The molecule has 56 heavy (non-hydrogen) atoms. The van der Waals surface area contributed by atoms with Gasteiger partial charge in [0.05, 0.1) is 33.1 Å². The van der Waals surface area contributed by atoms with E-state index in [1.165, 1.54) is 121 Å². The van der Waals surface area contributed by atoms with Gasteiger partial charge in [0.25, 0.3) is 0 Å². The van der Waals surface area contributed by atoms with Crippen molar-refractivity contribution in [3.63, 3.8) is 0 Å². The Labute approximate surface area is 322 Å². The van der Waals surface area contributed by atoms with E-state index < -0.39 is 0 Å². The Hall–Kier alpha value is -7.42. The van der Waals surface area contributed by atoms with Crippen molar-refractivity contribution >= 4 is 76.2 Å². The fourth-order valence-electron chi connectivity index (χ4n) is 9.83. The summed E-state index contributed by atoms with van der Waals surface area (Å²) in [6.45, 7) is 0. The number of para-hydroxylation sites is 2. The SMILES string of the molecule is c1ccc(-c2cccc(-c3ccc4c(c3)c3cccc5c6cc7c(cc6n4c35)c3cccc4c5cc(-c6cccc(-c8ccccc8)c6)ccc5n7c43)c2)cc1. The number of nitrogens with zero attached hydrogens (tertiary/aromatic N) is 2. The third kappa shape index (κ3) is 4.05. The van der Waals surface area contributed by atoms with Crippen LogP contribution < -0.4 is 0 Å². The standard InChI is InChI=1S/C54H32N2/c1-3-11-33(12-4-1)35-15-7-17-37(27-35)39-23-25-49-45(29-39)41-19-9-21-43-47-32-52-48(31-51(47)55(49)53(41)43)44-22-10-20-42-46-30-40(24-26-50(46)56(52)54(42)44)38-18-8-16-36(28-38)34-13-5-2-6-14-34/h1-32H. The molecule has 0 fully saturated rings. The van der Waals surface area contributed by atoms with Crippen LogP contribution in [0.2, 0.25) is 0 Å². The first kappa shape index (κ1) is 30.0. The van der Waals surface area contributed by atoms with Crippen molar-refractivity contribution in [3.8, 4) is 44.5 Å². The molecule has 0 spiro atoms. The topological polar surface area (TPSA) is 8.82 Å². The van der Waals surface area contributed by atoms with Crippen molar-refractivity contribution in [1.29, 1.82) is 0 Å². The molecule has 0 aliphatic carbocycles. The van der Waals surface area contributed by atoms with Gasteiger partial charge >= 0.3 is 0 Å². The Morgan fingerprint density at radius 3 is 0.929 bits per heavy atom. The molecule has 13 aromatic rings. The van der Waals surface area contributed by atoms with Crippen molar-refractivity contribution in [2.24, 2.45) is 0 Å². The summed E-state index contributed by atoms with van der Waals surface area (Å²) in [5.74, 6) is 0. The monoisotopic (exact) mass is 708 g/mol. The van der Waals surface area contributed by atoms with Crippen molar-refractivity contribution < 1.29 is 0 Å². The molecule has 2 heteroatoms. The van der Waals surface area contributed by atoms with E-state index in [2.05, 4.69) is 203 Å². The highest BCUT2D eigenvalue weighted by Gasteiger charge is 2.22. The minimum Gasteiger partial charge on any atom is -0.308 e. The Bertz CT molecular complexity index is 3430. The van der Waals surface area contributed by atoms with E-state index in [1.807, 2.05) is 0 Å². The maximum Gasteiger partial charge on any atom is 0.0620 e. The molecule has 0 aliphatic heterocycles. The molecule has 0 N–H and O–H groups in total. The molecular formula is C54H32N2. The third-order valence-electron chi connectivity index (χ3n) is 12.4. The molecule has 0 unspecified atom stereocenters. The second-order valence-corrected chi connectivity index (χ2v) is 15.3. The van der Waals surface area contributed by atoms with Crippen LogP contribution >= 0.6 is 0 Å². The van der Waals surface area contributed by atoms with E-state index in [9.17, 15) is 0 Å². The van der Waals surface area contributed by atoms with Gasteiger partial charge in [0.1, 0.15) is 0 Å². The quantitative estimate of drug-likeness (QED) is 0.172. The normalized spacial score (nSPS) is 12.3. The summed E-state index contributed by atoms with van der Waals surface area (Å²) in [5, 5.41) is 10.4. The molecule has 9 aromatic carbocycles. The first-order valence-corrected chi connectivity index (χ1v) is 19.4. The zero-order valence-corrected chi connectivity index (χ0v) is 30.4. The molecule has 0 bridgehead atoms. The van der Waals surface area contributed by atoms with E-state index in [0.29, 0.717) is 0 Å². The van der Waals surface area contributed by atoms with E-state index >= 15 is 0 Å². The summed E-state index contributed by atoms with van der Waals surface area (Å²) >= 11 is 0. The largest absolute Gasteiger partial charge is 0.308 e. The smallest absolute Gasteiger partial charge is 0.0620 e. The summed E-state index contributed by atoms with van der Waals surface area (Å²) in [6, 6.07) is 71.8. The lowest BCUT2D eigenvalue weighted by Crippen LogP contribution is -1.85. The molecule has 0 saturated carbocycles. The molecule has 0 radical (unpaired) electrons. The lowest BCUT2D eigenvalue weighted by Gasteiger charge is -2.08. The van der Waals surface area contributed by atoms with Gasteiger partial charge in [-0.2, -0.15) is 0 Å². The summed E-state index contributed by atoms with van der Waals surface area (Å²) in [4.78, 5) is 0. The Kier molecular flexibility index (Phi) is 5.92.